The number of nitrogens with one attached hydrogen (secondary N) is 2. The fraction of sp³-hybridized carbons (Fsp3) is 0.143. The van der Waals surface area contributed by atoms with Gasteiger partial charge in [-0.3, -0.25) is 5.01 Å². The van der Waals surface area contributed by atoms with Crippen molar-refractivity contribution in [3.63, 3.8) is 0 Å². The molecule has 1 aliphatic heterocycles. The highest BCUT2D eigenvalue weighted by atomic mass is 16.5. The van der Waals surface area contributed by atoms with Crippen LogP contribution in [0.3, 0.4) is 0 Å². The standard InChI is InChI=1S/C35H33N9O/c1-5-13-28(14-6-1)21-42-24-32(36-39-42)35(45-27-31-19-11-4-12-20-31,33-25-43(40-37-33)22-29-15-7-2-8-16-29)34-26-44(41-38-34)23-30-17-9-3-10-18-30/h1-20,24-26,36,39H,21-23,27H2. The van der Waals surface area contributed by atoms with Gasteiger partial charge in [0.25, 0.3) is 0 Å². The first kappa shape index (κ1) is 28.2. The minimum Gasteiger partial charge on any atom is -0.351 e. The number of aromatic nitrogens is 6. The lowest BCUT2D eigenvalue weighted by atomic mass is 9.92. The molecular formula is C35H33N9O. The zero-order valence-electron chi connectivity index (χ0n) is 24.6. The first-order chi connectivity index (χ1) is 22.2. The molecule has 0 bridgehead atoms. The van der Waals surface area contributed by atoms with E-state index in [9.17, 15) is 0 Å². The van der Waals surface area contributed by atoms with Gasteiger partial charge in [-0.15, -0.1) is 15.7 Å². The molecule has 0 fully saturated rings. The fourth-order valence-electron chi connectivity index (χ4n) is 5.41. The first-order valence-corrected chi connectivity index (χ1v) is 14.9. The summed E-state index contributed by atoms with van der Waals surface area (Å²) in [5, 5.41) is 20.5. The van der Waals surface area contributed by atoms with E-state index in [2.05, 4.69) is 57.8 Å². The Hall–Kier alpha value is -5.58. The van der Waals surface area contributed by atoms with E-state index in [-0.39, 0.29) is 0 Å². The summed E-state index contributed by atoms with van der Waals surface area (Å²) >= 11 is 0. The monoisotopic (exact) mass is 595 g/mol. The van der Waals surface area contributed by atoms with Gasteiger partial charge in [0.05, 0.1) is 44.3 Å². The van der Waals surface area contributed by atoms with Crippen LogP contribution in [0.1, 0.15) is 33.6 Å². The van der Waals surface area contributed by atoms with Crippen molar-refractivity contribution in [2.24, 2.45) is 0 Å². The predicted molar refractivity (Wildman–Crippen MR) is 169 cm³/mol. The molecule has 224 valence electrons. The SMILES string of the molecule is C1=C(C(OCc2ccccc2)(c2cn(Cc3ccccc3)nn2)c2cn(Cc3ccccc3)nn2)NNN1Cc1ccccc1. The van der Waals surface area contributed by atoms with E-state index in [4.69, 9.17) is 14.9 Å². The van der Waals surface area contributed by atoms with Gasteiger partial charge in [-0.25, -0.2) is 9.36 Å². The van der Waals surface area contributed by atoms with Gasteiger partial charge in [-0.2, -0.15) is 0 Å². The van der Waals surface area contributed by atoms with E-state index in [1.807, 2.05) is 118 Å². The fourth-order valence-corrected chi connectivity index (χ4v) is 5.41. The van der Waals surface area contributed by atoms with E-state index < -0.39 is 5.60 Å². The smallest absolute Gasteiger partial charge is 0.201 e. The van der Waals surface area contributed by atoms with Crippen LogP contribution >= 0.6 is 0 Å². The number of ether oxygens (including phenoxy) is 1. The van der Waals surface area contributed by atoms with Crippen molar-refractivity contribution in [3.8, 4) is 0 Å². The molecule has 0 amide bonds. The summed E-state index contributed by atoms with van der Waals surface area (Å²) in [4.78, 5) is 0. The molecule has 6 aromatic rings. The van der Waals surface area contributed by atoms with Gasteiger partial charge in [-0.1, -0.05) is 132 Å². The summed E-state index contributed by atoms with van der Waals surface area (Å²) < 4.78 is 10.6. The lowest BCUT2D eigenvalue weighted by molar-refractivity contribution is -0.0136. The summed E-state index contributed by atoms with van der Waals surface area (Å²) in [5.41, 5.74) is 11.7. The number of hydrogen-bond acceptors (Lipinski definition) is 8. The summed E-state index contributed by atoms with van der Waals surface area (Å²) in [6, 6.07) is 40.7. The van der Waals surface area contributed by atoms with Crippen molar-refractivity contribution in [1.29, 1.82) is 0 Å². The zero-order valence-corrected chi connectivity index (χ0v) is 24.6. The number of benzene rings is 4. The maximum Gasteiger partial charge on any atom is 0.201 e. The lowest BCUT2D eigenvalue weighted by Gasteiger charge is -2.30. The van der Waals surface area contributed by atoms with Crippen LogP contribution < -0.4 is 11.0 Å². The van der Waals surface area contributed by atoms with Crippen LogP contribution in [-0.4, -0.2) is 35.0 Å². The average Bonchev–Trinajstić information content (AvgIpc) is 3.87. The maximum atomic E-state index is 6.97. The molecule has 10 nitrogen and oxygen atoms in total. The van der Waals surface area contributed by atoms with Crippen LogP contribution in [0.15, 0.2) is 146 Å². The minimum absolute atomic E-state index is 0.301. The van der Waals surface area contributed by atoms with E-state index in [1.54, 1.807) is 0 Å². The highest BCUT2D eigenvalue weighted by molar-refractivity contribution is 5.38. The van der Waals surface area contributed by atoms with Crippen LogP contribution in [0.2, 0.25) is 0 Å². The molecule has 2 N–H and O–H groups in total. The van der Waals surface area contributed by atoms with Crippen LogP contribution in [-0.2, 0) is 36.6 Å². The Labute approximate surface area is 261 Å². The largest absolute Gasteiger partial charge is 0.351 e. The Morgan fingerprint density at radius 3 is 1.49 bits per heavy atom. The van der Waals surface area contributed by atoms with Crippen molar-refractivity contribution < 1.29 is 4.74 Å². The number of rotatable bonds is 12. The van der Waals surface area contributed by atoms with Crippen molar-refractivity contribution in [1.82, 2.24) is 46.0 Å². The molecule has 4 aromatic carbocycles. The third-order valence-electron chi connectivity index (χ3n) is 7.67. The van der Waals surface area contributed by atoms with Gasteiger partial charge in [0.2, 0.25) is 5.60 Å². The third-order valence-corrected chi connectivity index (χ3v) is 7.67. The van der Waals surface area contributed by atoms with Crippen molar-refractivity contribution in [2.75, 3.05) is 0 Å². The van der Waals surface area contributed by atoms with Crippen molar-refractivity contribution in [2.45, 2.75) is 31.8 Å². The van der Waals surface area contributed by atoms with E-state index in [0.29, 0.717) is 43.3 Å². The molecule has 0 spiro atoms. The molecular weight excluding hydrogens is 562 g/mol. The second-order valence-electron chi connectivity index (χ2n) is 10.9. The lowest BCUT2D eigenvalue weighted by Crippen LogP contribution is -2.43. The molecule has 0 atom stereocenters. The van der Waals surface area contributed by atoms with E-state index >= 15 is 0 Å². The van der Waals surface area contributed by atoms with Gasteiger partial charge in [-0.05, 0) is 22.3 Å². The second-order valence-corrected chi connectivity index (χ2v) is 10.9. The van der Waals surface area contributed by atoms with Crippen LogP contribution in [0.25, 0.3) is 0 Å². The first-order valence-electron chi connectivity index (χ1n) is 14.9. The Morgan fingerprint density at radius 2 is 1.00 bits per heavy atom. The Bertz CT molecular complexity index is 1760. The Kier molecular flexibility index (Phi) is 8.13. The molecule has 0 aliphatic carbocycles. The average molecular weight is 596 g/mol. The van der Waals surface area contributed by atoms with Crippen LogP contribution in [0, 0.1) is 0 Å². The van der Waals surface area contributed by atoms with Crippen molar-refractivity contribution >= 4 is 0 Å². The molecule has 45 heavy (non-hydrogen) atoms. The van der Waals surface area contributed by atoms with E-state index in [0.717, 1.165) is 22.3 Å². The highest BCUT2D eigenvalue weighted by Crippen LogP contribution is 2.39. The molecule has 0 saturated carbocycles. The van der Waals surface area contributed by atoms with Gasteiger partial charge in [0.1, 0.15) is 11.4 Å². The summed E-state index contributed by atoms with van der Waals surface area (Å²) in [6.45, 7) is 2.06. The number of hydrazine groups is 2. The summed E-state index contributed by atoms with van der Waals surface area (Å²) in [5.74, 6) is 0. The zero-order chi connectivity index (χ0) is 30.3. The Balaban J connectivity index is 1.31. The molecule has 1 aliphatic rings. The predicted octanol–water partition coefficient (Wildman–Crippen LogP) is 4.79. The molecule has 0 unspecified atom stereocenters. The van der Waals surface area contributed by atoms with Gasteiger partial charge < -0.3 is 10.2 Å². The van der Waals surface area contributed by atoms with Crippen LogP contribution in [0.5, 0.6) is 0 Å². The topological polar surface area (TPSA) is 98.0 Å². The number of nitrogens with zero attached hydrogens (tertiary/aromatic N) is 7. The number of hydrogen-bond donors (Lipinski definition) is 2. The van der Waals surface area contributed by atoms with Crippen LogP contribution in [0.4, 0.5) is 0 Å². The third kappa shape index (κ3) is 6.37. The quantitative estimate of drug-likeness (QED) is 0.208. The highest BCUT2D eigenvalue weighted by Gasteiger charge is 2.47. The molecule has 0 radical (unpaired) electrons. The van der Waals surface area contributed by atoms with Gasteiger partial charge in [0.15, 0.2) is 0 Å². The van der Waals surface area contributed by atoms with E-state index in [1.165, 1.54) is 0 Å². The summed E-state index contributed by atoms with van der Waals surface area (Å²) in [7, 11) is 0. The van der Waals surface area contributed by atoms with Gasteiger partial charge in [0, 0.05) is 6.20 Å². The van der Waals surface area contributed by atoms with Crippen molar-refractivity contribution in [3.05, 3.63) is 179 Å². The minimum atomic E-state index is -1.27. The molecule has 0 saturated heterocycles. The molecule has 7 rings (SSSR count). The molecule has 2 aromatic heterocycles. The normalized spacial score (nSPS) is 13.1. The summed E-state index contributed by atoms with van der Waals surface area (Å²) in [6.07, 6.45) is 5.86. The van der Waals surface area contributed by atoms with Gasteiger partial charge >= 0.3 is 0 Å². The second kappa shape index (κ2) is 13.0. The Morgan fingerprint density at radius 1 is 0.556 bits per heavy atom. The maximum absolute atomic E-state index is 6.97. The molecule has 3 heterocycles. The molecule has 10 heteroatoms.